The van der Waals surface area contributed by atoms with Crippen LogP contribution in [0.1, 0.15) is 42.5 Å². The van der Waals surface area contributed by atoms with Crippen molar-refractivity contribution >= 4 is 11.8 Å². The van der Waals surface area contributed by atoms with Crippen molar-refractivity contribution in [2.45, 2.75) is 37.6 Å². The maximum atomic E-state index is 12.6. The molecule has 0 aromatic carbocycles. The van der Waals surface area contributed by atoms with Crippen molar-refractivity contribution in [3.8, 4) is 0 Å². The van der Waals surface area contributed by atoms with Gasteiger partial charge >= 0.3 is 0 Å². The van der Waals surface area contributed by atoms with E-state index in [4.69, 9.17) is 4.42 Å². The van der Waals surface area contributed by atoms with E-state index in [1.165, 1.54) is 12.5 Å². The van der Waals surface area contributed by atoms with Gasteiger partial charge in [0.2, 0.25) is 5.91 Å². The number of carbonyl (C=O) groups is 2. The molecular formula is C17H22N2O3. The van der Waals surface area contributed by atoms with Gasteiger partial charge in [0.05, 0.1) is 17.4 Å². The van der Waals surface area contributed by atoms with Gasteiger partial charge in [-0.3, -0.25) is 9.59 Å². The Kier molecular flexibility index (Phi) is 4.05. The van der Waals surface area contributed by atoms with Crippen LogP contribution in [0.5, 0.6) is 0 Å². The van der Waals surface area contributed by atoms with Gasteiger partial charge in [0.15, 0.2) is 0 Å². The number of likely N-dealkylation sites (tertiary alicyclic amines) is 2. The van der Waals surface area contributed by atoms with Gasteiger partial charge < -0.3 is 14.2 Å². The van der Waals surface area contributed by atoms with Crippen LogP contribution in [0.3, 0.4) is 0 Å². The van der Waals surface area contributed by atoms with Crippen LogP contribution in [-0.4, -0.2) is 46.8 Å². The maximum Gasteiger partial charge on any atom is 0.257 e. The summed E-state index contributed by atoms with van der Waals surface area (Å²) in [5.74, 6) is 0.174. The molecule has 2 amide bonds. The molecule has 5 nitrogen and oxygen atoms in total. The van der Waals surface area contributed by atoms with Gasteiger partial charge in [0.25, 0.3) is 5.91 Å². The lowest BCUT2D eigenvalue weighted by Crippen LogP contribution is -2.63. The standard InChI is InChI=1S/C17H22N2O3/c1-2-9-19-15(20)5-3-7-17(19)8-4-10-18(13-17)16(21)14-6-11-22-12-14/h2,6,11-12H,1,3-5,7-10,13H2. The van der Waals surface area contributed by atoms with Gasteiger partial charge in [-0.15, -0.1) is 6.58 Å². The zero-order valence-corrected chi connectivity index (χ0v) is 12.8. The van der Waals surface area contributed by atoms with Crippen molar-refractivity contribution in [3.05, 3.63) is 36.8 Å². The number of rotatable bonds is 3. The number of hydrogen-bond acceptors (Lipinski definition) is 3. The second-order valence-electron chi connectivity index (χ2n) is 6.21. The number of amides is 2. The Morgan fingerprint density at radius 3 is 2.95 bits per heavy atom. The average Bonchev–Trinajstić information content (AvgIpc) is 3.05. The first-order valence-electron chi connectivity index (χ1n) is 7.89. The number of hydrogen-bond donors (Lipinski definition) is 0. The topological polar surface area (TPSA) is 53.8 Å². The summed E-state index contributed by atoms with van der Waals surface area (Å²) in [6.45, 7) is 5.68. The molecule has 2 aliphatic rings. The van der Waals surface area contributed by atoms with Crippen molar-refractivity contribution in [3.63, 3.8) is 0 Å². The normalized spacial score (nSPS) is 25.5. The molecule has 0 saturated carbocycles. The molecule has 22 heavy (non-hydrogen) atoms. The highest BCUT2D eigenvalue weighted by Crippen LogP contribution is 2.37. The van der Waals surface area contributed by atoms with Gasteiger partial charge in [-0.05, 0) is 31.7 Å². The summed E-state index contributed by atoms with van der Waals surface area (Å²) in [6, 6.07) is 1.69. The molecule has 1 atom stereocenters. The lowest BCUT2D eigenvalue weighted by Gasteiger charge is -2.51. The summed E-state index contributed by atoms with van der Waals surface area (Å²) in [7, 11) is 0. The van der Waals surface area contributed by atoms with Crippen molar-refractivity contribution in [1.29, 1.82) is 0 Å². The van der Waals surface area contributed by atoms with Crippen LogP contribution in [-0.2, 0) is 4.79 Å². The van der Waals surface area contributed by atoms with Crippen molar-refractivity contribution in [2.75, 3.05) is 19.6 Å². The van der Waals surface area contributed by atoms with Crippen LogP contribution in [0.4, 0.5) is 0 Å². The Morgan fingerprint density at radius 2 is 2.23 bits per heavy atom. The second-order valence-corrected chi connectivity index (χ2v) is 6.21. The third kappa shape index (κ3) is 2.56. The van der Waals surface area contributed by atoms with Crippen LogP contribution in [0.2, 0.25) is 0 Å². The van der Waals surface area contributed by atoms with E-state index in [-0.39, 0.29) is 17.4 Å². The smallest absolute Gasteiger partial charge is 0.257 e. The Bertz CT molecular complexity index is 562. The summed E-state index contributed by atoms with van der Waals surface area (Å²) in [6.07, 6.45) is 9.12. The molecule has 1 spiro atoms. The van der Waals surface area contributed by atoms with Gasteiger partial charge in [-0.1, -0.05) is 6.08 Å². The predicted octanol–water partition coefficient (Wildman–Crippen LogP) is 2.45. The average molecular weight is 302 g/mol. The molecule has 2 saturated heterocycles. The number of piperidine rings is 2. The molecule has 3 rings (SSSR count). The summed E-state index contributed by atoms with van der Waals surface area (Å²) >= 11 is 0. The minimum absolute atomic E-state index is 0.00981. The molecule has 2 aliphatic heterocycles. The first kappa shape index (κ1) is 14.9. The zero-order valence-electron chi connectivity index (χ0n) is 12.8. The molecule has 0 bridgehead atoms. The molecule has 118 valence electrons. The molecule has 1 aromatic rings. The minimum atomic E-state index is -0.221. The maximum absolute atomic E-state index is 12.6. The first-order valence-corrected chi connectivity index (χ1v) is 7.89. The lowest BCUT2D eigenvalue weighted by molar-refractivity contribution is -0.143. The number of nitrogens with zero attached hydrogens (tertiary/aromatic N) is 2. The summed E-state index contributed by atoms with van der Waals surface area (Å²) in [4.78, 5) is 28.7. The Labute approximate surface area is 130 Å². The highest BCUT2D eigenvalue weighted by atomic mass is 16.3. The quantitative estimate of drug-likeness (QED) is 0.806. The Hall–Kier alpha value is -2.04. The van der Waals surface area contributed by atoms with Crippen LogP contribution in [0.25, 0.3) is 0 Å². The van der Waals surface area contributed by atoms with E-state index in [1.807, 2.05) is 9.80 Å². The number of carbonyl (C=O) groups excluding carboxylic acids is 2. The van der Waals surface area contributed by atoms with E-state index >= 15 is 0 Å². The van der Waals surface area contributed by atoms with Gasteiger partial charge in [0.1, 0.15) is 6.26 Å². The van der Waals surface area contributed by atoms with E-state index in [1.54, 1.807) is 12.1 Å². The highest BCUT2D eigenvalue weighted by Gasteiger charge is 2.45. The van der Waals surface area contributed by atoms with Crippen molar-refractivity contribution in [2.24, 2.45) is 0 Å². The summed E-state index contributed by atoms with van der Waals surface area (Å²) < 4.78 is 5.01. The van der Waals surface area contributed by atoms with Crippen LogP contribution in [0, 0.1) is 0 Å². The SMILES string of the molecule is C=CCN1C(=O)CCCC12CCCN(C(=O)c1ccoc1)C2. The van der Waals surface area contributed by atoms with Gasteiger partial charge in [0, 0.05) is 26.1 Å². The fourth-order valence-electron chi connectivity index (χ4n) is 3.81. The lowest BCUT2D eigenvalue weighted by atomic mass is 9.79. The van der Waals surface area contributed by atoms with Gasteiger partial charge in [-0.2, -0.15) is 0 Å². The molecule has 1 aromatic heterocycles. The Balaban J connectivity index is 1.82. The minimum Gasteiger partial charge on any atom is -0.472 e. The largest absolute Gasteiger partial charge is 0.472 e. The van der Waals surface area contributed by atoms with E-state index in [0.29, 0.717) is 25.1 Å². The molecule has 0 radical (unpaired) electrons. The van der Waals surface area contributed by atoms with Gasteiger partial charge in [-0.25, -0.2) is 0 Å². The van der Waals surface area contributed by atoms with E-state index in [0.717, 1.165) is 32.2 Å². The third-order valence-corrected chi connectivity index (χ3v) is 4.83. The Morgan fingerprint density at radius 1 is 1.41 bits per heavy atom. The zero-order chi connectivity index (χ0) is 15.6. The van der Waals surface area contributed by atoms with E-state index < -0.39 is 0 Å². The van der Waals surface area contributed by atoms with Crippen LogP contribution < -0.4 is 0 Å². The van der Waals surface area contributed by atoms with E-state index in [2.05, 4.69) is 6.58 Å². The van der Waals surface area contributed by atoms with E-state index in [9.17, 15) is 9.59 Å². The summed E-state index contributed by atoms with van der Waals surface area (Å²) in [5.41, 5.74) is 0.357. The molecular weight excluding hydrogens is 280 g/mol. The molecule has 1 unspecified atom stereocenters. The molecule has 2 fully saturated rings. The highest BCUT2D eigenvalue weighted by molar-refractivity contribution is 5.94. The first-order chi connectivity index (χ1) is 10.7. The van der Waals surface area contributed by atoms with Crippen LogP contribution in [0.15, 0.2) is 35.7 Å². The second kappa shape index (κ2) is 5.99. The van der Waals surface area contributed by atoms with Crippen LogP contribution >= 0.6 is 0 Å². The molecule has 0 N–H and O–H groups in total. The van der Waals surface area contributed by atoms with Crippen molar-refractivity contribution < 1.29 is 14.0 Å². The molecule has 5 heteroatoms. The fraction of sp³-hybridized carbons (Fsp3) is 0.529. The number of furan rings is 1. The van der Waals surface area contributed by atoms with Crippen molar-refractivity contribution in [1.82, 2.24) is 9.80 Å². The molecule has 0 aliphatic carbocycles. The third-order valence-electron chi connectivity index (χ3n) is 4.83. The fourth-order valence-corrected chi connectivity index (χ4v) is 3.81. The summed E-state index contributed by atoms with van der Waals surface area (Å²) in [5, 5.41) is 0. The molecule has 3 heterocycles. The monoisotopic (exact) mass is 302 g/mol. The predicted molar refractivity (Wildman–Crippen MR) is 82.3 cm³/mol.